The van der Waals surface area contributed by atoms with E-state index in [4.69, 9.17) is 0 Å². The average Bonchev–Trinajstić information content (AvgIpc) is 3.76. The largest absolute Gasteiger partial charge is 0.310 e. The van der Waals surface area contributed by atoms with Gasteiger partial charge in [-0.25, -0.2) is 0 Å². The lowest BCUT2D eigenvalue weighted by molar-refractivity contribution is -0.00491. The third-order valence-electron chi connectivity index (χ3n) is 16.2. The molecule has 6 aliphatic carbocycles. The average molecular weight is 800 g/mol. The summed E-state index contributed by atoms with van der Waals surface area (Å²) in [6.45, 7) is 7.02. The number of para-hydroxylation sites is 2. The zero-order chi connectivity index (χ0) is 41.4. The molecule has 302 valence electrons. The van der Waals surface area contributed by atoms with E-state index in [0.29, 0.717) is 0 Å². The SMILES string of the molecule is CC(C)(C)c1ccc(-c2ccccc2N(c2ccc3c(c2)C2(c4ccccc4-c4ccccc42)c2ccccc2-3)c2ccccc2C23CC4CC(CC(C4)C2)C3)c2ccccc12. The van der Waals surface area contributed by atoms with Crippen LogP contribution < -0.4 is 4.90 Å². The molecule has 0 amide bonds. The van der Waals surface area contributed by atoms with Gasteiger partial charge in [-0.15, -0.1) is 0 Å². The summed E-state index contributed by atoms with van der Waals surface area (Å²) in [5.41, 5.74) is 20.0. The first-order chi connectivity index (χ1) is 30.3. The Labute approximate surface area is 367 Å². The van der Waals surface area contributed by atoms with Crippen molar-refractivity contribution in [3.8, 4) is 33.4 Å². The van der Waals surface area contributed by atoms with E-state index in [1.807, 2.05) is 0 Å². The zero-order valence-corrected chi connectivity index (χ0v) is 36.2. The Kier molecular flexibility index (Phi) is 7.75. The topological polar surface area (TPSA) is 3.24 Å². The molecule has 0 saturated heterocycles. The van der Waals surface area contributed by atoms with Gasteiger partial charge in [-0.1, -0.05) is 172 Å². The molecule has 0 heterocycles. The van der Waals surface area contributed by atoms with Crippen molar-refractivity contribution >= 4 is 27.8 Å². The molecule has 8 aromatic rings. The van der Waals surface area contributed by atoms with E-state index in [-0.39, 0.29) is 10.8 Å². The molecular formula is C61H53N. The van der Waals surface area contributed by atoms with Crippen LogP contribution in [0.4, 0.5) is 17.1 Å². The highest BCUT2D eigenvalue weighted by Crippen LogP contribution is 2.65. The number of hydrogen-bond acceptors (Lipinski definition) is 1. The fraction of sp³-hybridized carbons (Fsp3) is 0.246. The standard InChI is InChI=1S/C61H53N/c1-59(2,3)51-31-30-44(43-16-4-5-17-45(43)51)50-21-9-14-26-57(50)62(58-27-15-13-25-55(58)60-36-39-32-40(37-60)34-41(33-39)38-60)42-28-29-49-48-20-8-12-24-54(48)61(56(49)35-42)52-22-10-6-18-46(52)47-19-7-11-23-53(47)61/h4-31,35,39-41H,32-34,36-38H2,1-3H3. The summed E-state index contributed by atoms with van der Waals surface area (Å²) < 4.78 is 0. The maximum atomic E-state index is 2.69. The number of anilines is 3. The van der Waals surface area contributed by atoms with Crippen LogP contribution in [0.5, 0.6) is 0 Å². The fourth-order valence-electron chi connectivity index (χ4n) is 14.3. The van der Waals surface area contributed by atoms with Crippen LogP contribution in [0.15, 0.2) is 176 Å². The number of fused-ring (bicyclic) bond motifs is 11. The van der Waals surface area contributed by atoms with Gasteiger partial charge in [-0.05, 0) is 163 Å². The van der Waals surface area contributed by atoms with E-state index in [1.165, 1.54) is 128 Å². The minimum Gasteiger partial charge on any atom is -0.310 e. The van der Waals surface area contributed by atoms with Crippen molar-refractivity contribution in [2.75, 3.05) is 4.90 Å². The minimum atomic E-state index is -0.418. The molecule has 4 bridgehead atoms. The van der Waals surface area contributed by atoms with Crippen LogP contribution in [0.3, 0.4) is 0 Å². The van der Waals surface area contributed by atoms with Crippen molar-refractivity contribution in [2.45, 2.75) is 75.5 Å². The third-order valence-corrected chi connectivity index (χ3v) is 16.2. The fourth-order valence-corrected chi connectivity index (χ4v) is 14.3. The highest BCUT2D eigenvalue weighted by Gasteiger charge is 2.54. The predicted octanol–water partition coefficient (Wildman–Crippen LogP) is 16.1. The molecule has 4 saturated carbocycles. The van der Waals surface area contributed by atoms with Crippen LogP contribution in [0.2, 0.25) is 0 Å². The van der Waals surface area contributed by atoms with Crippen molar-refractivity contribution in [3.63, 3.8) is 0 Å². The predicted molar refractivity (Wildman–Crippen MR) is 259 cm³/mol. The highest BCUT2D eigenvalue weighted by molar-refractivity contribution is 6.04. The van der Waals surface area contributed by atoms with E-state index < -0.39 is 5.41 Å². The summed E-state index contributed by atoms with van der Waals surface area (Å²) in [6.07, 6.45) is 8.26. The normalized spacial score (nSPS) is 22.1. The van der Waals surface area contributed by atoms with E-state index in [2.05, 4.69) is 202 Å². The quantitative estimate of drug-likeness (QED) is 0.168. The van der Waals surface area contributed by atoms with Crippen molar-refractivity contribution in [3.05, 3.63) is 209 Å². The second-order valence-corrected chi connectivity index (χ2v) is 20.6. The van der Waals surface area contributed by atoms with E-state index in [1.54, 1.807) is 5.56 Å². The number of hydrogen-bond donors (Lipinski definition) is 0. The molecule has 0 atom stereocenters. The number of nitrogens with zero attached hydrogens (tertiary/aromatic N) is 1. The van der Waals surface area contributed by atoms with Gasteiger partial charge in [-0.2, -0.15) is 0 Å². The molecule has 1 nitrogen and oxygen atoms in total. The first kappa shape index (κ1) is 36.5. The second-order valence-electron chi connectivity index (χ2n) is 20.6. The van der Waals surface area contributed by atoms with Gasteiger partial charge < -0.3 is 4.90 Å². The molecule has 14 rings (SSSR count). The van der Waals surface area contributed by atoms with Gasteiger partial charge in [-0.3, -0.25) is 0 Å². The Morgan fingerprint density at radius 3 is 1.44 bits per heavy atom. The number of rotatable bonds is 5. The summed E-state index contributed by atoms with van der Waals surface area (Å²) in [6, 6.07) is 67.9. The first-order valence-electron chi connectivity index (χ1n) is 23.3. The van der Waals surface area contributed by atoms with Crippen molar-refractivity contribution in [2.24, 2.45) is 17.8 Å². The van der Waals surface area contributed by atoms with E-state index in [9.17, 15) is 0 Å². The van der Waals surface area contributed by atoms with Gasteiger partial charge in [0.25, 0.3) is 0 Å². The molecule has 0 unspecified atom stereocenters. The van der Waals surface area contributed by atoms with Crippen LogP contribution >= 0.6 is 0 Å². The highest BCUT2D eigenvalue weighted by atomic mass is 15.1. The summed E-state index contributed by atoms with van der Waals surface area (Å²) in [4.78, 5) is 2.69. The maximum absolute atomic E-state index is 2.69. The van der Waals surface area contributed by atoms with E-state index in [0.717, 1.165) is 17.8 Å². The lowest BCUT2D eigenvalue weighted by Gasteiger charge is -2.57. The Balaban J connectivity index is 1.09. The third kappa shape index (κ3) is 5.03. The van der Waals surface area contributed by atoms with Crippen LogP contribution in [0, 0.1) is 17.8 Å². The van der Waals surface area contributed by atoms with Crippen molar-refractivity contribution < 1.29 is 0 Å². The second kappa shape index (κ2) is 13.2. The Hall–Kier alpha value is -6.18. The van der Waals surface area contributed by atoms with Crippen LogP contribution in [0.25, 0.3) is 44.2 Å². The van der Waals surface area contributed by atoms with Crippen LogP contribution in [-0.2, 0) is 16.2 Å². The molecule has 0 aromatic heterocycles. The van der Waals surface area contributed by atoms with Crippen molar-refractivity contribution in [1.29, 1.82) is 0 Å². The summed E-state index contributed by atoms with van der Waals surface area (Å²) in [5, 5.41) is 2.65. The van der Waals surface area contributed by atoms with Gasteiger partial charge in [0.15, 0.2) is 0 Å². The van der Waals surface area contributed by atoms with Gasteiger partial charge >= 0.3 is 0 Å². The molecule has 4 fully saturated rings. The number of benzene rings is 8. The Morgan fingerprint density at radius 1 is 0.403 bits per heavy atom. The Bertz CT molecular complexity index is 3020. The molecule has 1 heteroatoms. The first-order valence-corrected chi connectivity index (χ1v) is 23.3. The Morgan fingerprint density at radius 2 is 0.855 bits per heavy atom. The monoisotopic (exact) mass is 799 g/mol. The minimum absolute atomic E-state index is 0.0237. The summed E-state index contributed by atoms with van der Waals surface area (Å²) in [5.74, 6) is 2.55. The molecule has 0 N–H and O–H groups in total. The molecule has 6 aliphatic rings. The van der Waals surface area contributed by atoms with Gasteiger partial charge in [0.1, 0.15) is 0 Å². The maximum Gasteiger partial charge on any atom is 0.0726 e. The summed E-state index contributed by atoms with van der Waals surface area (Å²) >= 11 is 0. The summed E-state index contributed by atoms with van der Waals surface area (Å²) in [7, 11) is 0. The van der Waals surface area contributed by atoms with Gasteiger partial charge in [0, 0.05) is 16.9 Å². The lowest BCUT2D eigenvalue weighted by Crippen LogP contribution is -2.48. The zero-order valence-electron chi connectivity index (χ0n) is 36.2. The van der Waals surface area contributed by atoms with Crippen LogP contribution in [-0.4, -0.2) is 0 Å². The molecule has 8 aromatic carbocycles. The van der Waals surface area contributed by atoms with Crippen LogP contribution in [0.1, 0.15) is 92.7 Å². The molecule has 62 heavy (non-hydrogen) atoms. The molecule has 0 radical (unpaired) electrons. The molecular weight excluding hydrogens is 747 g/mol. The van der Waals surface area contributed by atoms with E-state index >= 15 is 0 Å². The molecule has 1 spiro atoms. The molecule has 0 aliphatic heterocycles. The lowest BCUT2D eigenvalue weighted by atomic mass is 9.48. The van der Waals surface area contributed by atoms with Crippen molar-refractivity contribution in [1.82, 2.24) is 0 Å². The van der Waals surface area contributed by atoms with Gasteiger partial charge in [0.05, 0.1) is 11.1 Å². The van der Waals surface area contributed by atoms with Gasteiger partial charge in [0.2, 0.25) is 0 Å². The smallest absolute Gasteiger partial charge is 0.0726 e.